The molecule has 0 aliphatic rings. The number of thiazole rings is 1. The highest BCUT2D eigenvalue weighted by Crippen LogP contribution is 2.34. The van der Waals surface area contributed by atoms with Crippen molar-refractivity contribution in [2.75, 3.05) is 0 Å². The summed E-state index contributed by atoms with van der Waals surface area (Å²) in [4.78, 5) is 4.47. The van der Waals surface area contributed by atoms with E-state index in [1.165, 1.54) is 17.4 Å². The number of rotatable bonds is 1. The highest BCUT2D eigenvalue weighted by Gasteiger charge is 2.13. The van der Waals surface area contributed by atoms with Gasteiger partial charge in [0.05, 0.1) is 10.2 Å². The number of hydrogen-bond acceptors (Lipinski definition) is 2. The maximum atomic E-state index is 13.9. The summed E-state index contributed by atoms with van der Waals surface area (Å²) < 4.78 is 14.9. The van der Waals surface area contributed by atoms with Gasteiger partial charge < -0.3 is 0 Å². The van der Waals surface area contributed by atoms with Crippen LogP contribution in [0.2, 0.25) is 5.02 Å². The van der Waals surface area contributed by atoms with Crippen molar-refractivity contribution >= 4 is 33.2 Å². The molecular weight excluding hydrogens is 269 g/mol. The van der Waals surface area contributed by atoms with Gasteiger partial charge in [-0.3, -0.25) is 0 Å². The van der Waals surface area contributed by atoms with E-state index in [0.717, 1.165) is 15.8 Å². The van der Waals surface area contributed by atoms with Crippen LogP contribution in [-0.4, -0.2) is 4.98 Å². The molecule has 0 unspecified atom stereocenters. The number of nitrogens with zero attached hydrogens (tertiary/aromatic N) is 1. The number of fused-ring (bicyclic) bond motifs is 1. The van der Waals surface area contributed by atoms with E-state index in [1.54, 1.807) is 12.1 Å². The predicted molar refractivity (Wildman–Crippen MR) is 74.8 cm³/mol. The van der Waals surface area contributed by atoms with Crippen LogP contribution >= 0.6 is 22.9 Å². The summed E-state index contributed by atoms with van der Waals surface area (Å²) in [5.41, 5.74) is 2.32. The van der Waals surface area contributed by atoms with Crippen LogP contribution in [-0.2, 0) is 0 Å². The lowest BCUT2D eigenvalue weighted by Gasteiger charge is -2.02. The first-order chi connectivity index (χ1) is 8.65. The summed E-state index contributed by atoms with van der Waals surface area (Å²) in [6.07, 6.45) is 0. The van der Waals surface area contributed by atoms with Gasteiger partial charge in [-0.1, -0.05) is 23.7 Å². The Balaban J connectivity index is 2.26. The minimum absolute atomic E-state index is 0.236. The van der Waals surface area contributed by atoms with Crippen LogP contribution in [0.15, 0.2) is 36.4 Å². The lowest BCUT2D eigenvalue weighted by Crippen LogP contribution is -1.87. The van der Waals surface area contributed by atoms with Crippen molar-refractivity contribution in [3.05, 3.63) is 52.8 Å². The van der Waals surface area contributed by atoms with Gasteiger partial charge >= 0.3 is 0 Å². The minimum Gasteiger partial charge on any atom is -0.236 e. The summed E-state index contributed by atoms with van der Waals surface area (Å²) in [6, 6.07) is 10.6. The van der Waals surface area contributed by atoms with Crippen LogP contribution in [0, 0.1) is 12.7 Å². The fourth-order valence-electron chi connectivity index (χ4n) is 1.91. The third kappa shape index (κ3) is 1.89. The van der Waals surface area contributed by atoms with Gasteiger partial charge in [-0.2, -0.15) is 0 Å². The largest absolute Gasteiger partial charge is 0.236 e. The third-order valence-corrected chi connectivity index (χ3v) is 4.06. The van der Waals surface area contributed by atoms with Crippen LogP contribution in [0.4, 0.5) is 4.39 Å². The van der Waals surface area contributed by atoms with Gasteiger partial charge in [0.2, 0.25) is 0 Å². The normalized spacial score (nSPS) is 11.1. The molecule has 18 heavy (non-hydrogen) atoms. The van der Waals surface area contributed by atoms with E-state index in [2.05, 4.69) is 4.98 Å². The third-order valence-electron chi connectivity index (χ3n) is 2.79. The van der Waals surface area contributed by atoms with E-state index in [1.807, 2.05) is 25.1 Å². The minimum atomic E-state index is -0.236. The molecule has 0 N–H and O–H groups in total. The second-order valence-electron chi connectivity index (χ2n) is 4.06. The molecule has 1 heterocycles. The molecule has 0 aliphatic heterocycles. The average molecular weight is 278 g/mol. The van der Waals surface area contributed by atoms with Crippen molar-refractivity contribution in [3.8, 4) is 10.6 Å². The Morgan fingerprint density at radius 1 is 1.22 bits per heavy atom. The second-order valence-corrected chi connectivity index (χ2v) is 5.53. The summed E-state index contributed by atoms with van der Waals surface area (Å²) in [5, 5.41) is 1.37. The van der Waals surface area contributed by atoms with E-state index in [0.29, 0.717) is 15.6 Å². The summed E-state index contributed by atoms with van der Waals surface area (Å²) >= 11 is 7.40. The van der Waals surface area contributed by atoms with Crippen LogP contribution in [0.3, 0.4) is 0 Å². The molecule has 3 rings (SSSR count). The second kappa shape index (κ2) is 4.34. The van der Waals surface area contributed by atoms with Gasteiger partial charge in [0.25, 0.3) is 0 Å². The van der Waals surface area contributed by atoms with Gasteiger partial charge in [0, 0.05) is 10.6 Å². The van der Waals surface area contributed by atoms with Crippen molar-refractivity contribution < 1.29 is 4.39 Å². The fourth-order valence-corrected chi connectivity index (χ4v) is 3.26. The first-order valence-corrected chi connectivity index (χ1v) is 6.66. The average Bonchev–Trinajstić information content (AvgIpc) is 2.71. The molecular formula is C14H9ClFNS. The molecule has 0 aliphatic carbocycles. The monoisotopic (exact) mass is 277 g/mol. The quantitative estimate of drug-likeness (QED) is 0.605. The van der Waals surface area contributed by atoms with Crippen molar-refractivity contribution in [1.82, 2.24) is 4.98 Å². The fraction of sp³-hybridized carbons (Fsp3) is 0.0714. The first kappa shape index (κ1) is 11.6. The molecule has 90 valence electrons. The molecule has 1 aromatic heterocycles. The van der Waals surface area contributed by atoms with Crippen molar-refractivity contribution in [3.63, 3.8) is 0 Å². The lowest BCUT2D eigenvalue weighted by molar-refractivity contribution is 0.630. The Morgan fingerprint density at radius 3 is 2.83 bits per heavy atom. The van der Waals surface area contributed by atoms with Gasteiger partial charge in [0.15, 0.2) is 0 Å². The Labute approximate surface area is 113 Å². The lowest BCUT2D eigenvalue weighted by atomic mass is 10.1. The van der Waals surface area contributed by atoms with Crippen LogP contribution in [0.25, 0.3) is 20.8 Å². The molecule has 2 aromatic carbocycles. The number of benzene rings is 2. The van der Waals surface area contributed by atoms with Crippen LogP contribution < -0.4 is 0 Å². The Morgan fingerprint density at radius 2 is 2.06 bits per heavy atom. The molecule has 0 amide bonds. The number of aryl methyl sites for hydroxylation is 1. The Bertz CT molecular complexity index is 715. The van der Waals surface area contributed by atoms with Gasteiger partial charge in [-0.15, -0.1) is 11.3 Å². The van der Waals surface area contributed by atoms with E-state index < -0.39 is 0 Å². The standard InChI is InChI=1S/C14H9ClFNS/c1-8-3-2-4-10(16)13(8)14-17-11-6-5-9(15)7-12(11)18-14/h2-7H,1H3. The molecule has 0 fully saturated rings. The summed E-state index contributed by atoms with van der Waals surface area (Å²) in [5.74, 6) is -0.236. The molecule has 3 aromatic rings. The number of aromatic nitrogens is 1. The smallest absolute Gasteiger partial charge is 0.133 e. The maximum absolute atomic E-state index is 13.9. The highest BCUT2D eigenvalue weighted by molar-refractivity contribution is 7.21. The highest BCUT2D eigenvalue weighted by atomic mass is 35.5. The zero-order valence-corrected chi connectivity index (χ0v) is 11.1. The number of halogens is 2. The Kier molecular flexibility index (Phi) is 2.80. The van der Waals surface area contributed by atoms with E-state index >= 15 is 0 Å². The van der Waals surface area contributed by atoms with Crippen LogP contribution in [0.1, 0.15) is 5.56 Å². The molecule has 0 bridgehead atoms. The SMILES string of the molecule is Cc1cccc(F)c1-c1nc2ccc(Cl)cc2s1. The molecule has 4 heteroatoms. The molecule has 0 saturated carbocycles. The van der Waals surface area contributed by atoms with Crippen molar-refractivity contribution in [2.24, 2.45) is 0 Å². The molecule has 0 atom stereocenters. The maximum Gasteiger partial charge on any atom is 0.133 e. The van der Waals surface area contributed by atoms with Crippen LogP contribution in [0.5, 0.6) is 0 Å². The summed E-state index contributed by atoms with van der Waals surface area (Å²) in [6.45, 7) is 1.89. The zero-order chi connectivity index (χ0) is 12.7. The van der Waals surface area contributed by atoms with E-state index in [4.69, 9.17) is 11.6 Å². The topological polar surface area (TPSA) is 12.9 Å². The van der Waals surface area contributed by atoms with E-state index in [9.17, 15) is 4.39 Å². The van der Waals surface area contributed by atoms with Crippen molar-refractivity contribution in [2.45, 2.75) is 6.92 Å². The van der Waals surface area contributed by atoms with E-state index in [-0.39, 0.29) is 5.82 Å². The van der Waals surface area contributed by atoms with Gasteiger partial charge in [0.1, 0.15) is 10.8 Å². The van der Waals surface area contributed by atoms with Gasteiger partial charge in [-0.25, -0.2) is 9.37 Å². The molecule has 0 radical (unpaired) electrons. The molecule has 0 spiro atoms. The molecule has 0 saturated heterocycles. The summed E-state index contributed by atoms with van der Waals surface area (Å²) in [7, 11) is 0. The molecule has 1 nitrogen and oxygen atoms in total. The predicted octanol–water partition coefficient (Wildman–Crippen LogP) is 5.06. The Hall–Kier alpha value is -1.45. The van der Waals surface area contributed by atoms with Gasteiger partial charge in [-0.05, 0) is 36.8 Å². The van der Waals surface area contributed by atoms with Crippen molar-refractivity contribution in [1.29, 1.82) is 0 Å². The number of hydrogen-bond donors (Lipinski definition) is 0. The first-order valence-electron chi connectivity index (χ1n) is 5.47. The zero-order valence-electron chi connectivity index (χ0n) is 9.58.